The molecule has 0 bridgehead atoms. The lowest BCUT2D eigenvalue weighted by molar-refractivity contribution is 0.102. The van der Waals surface area contributed by atoms with Gasteiger partial charge in [0, 0.05) is 11.3 Å². The van der Waals surface area contributed by atoms with Gasteiger partial charge in [0.25, 0.3) is 5.91 Å². The zero-order valence-electron chi connectivity index (χ0n) is 13.1. The molecule has 2 aromatic rings. The normalized spacial score (nSPS) is 11.9. The number of nitrogens with one attached hydrogen (secondary N) is 1. The predicted octanol–water partition coefficient (Wildman–Crippen LogP) is 3.10. The summed E-state index contributed by atoms with van der Waals surface area (Å²) >= 11 is 1.14. The molecule has 1 aromatic heterocycles. The maximum atomic E-state index is 12.2. The fourth-order valence-electron chi connectivity index (χ4n) is 1.78. The van der Waals surface area contributed by atoms with Crippen molar-refractivity contribution in [1.82, 2.24) is 10.2 Å². The molecular formula is C15H19N3O3S2. The van der Waals surface area contributed by atoms with E-state index in [1.165, 1.54) is 0 Å². The van der Waals surface area contributed by atoms with Gasteiger partial charge in [0.05, 0.1) is 17.4 Å². The molecule has 1 heterocycles. The number of hydrogen-bond acceptors (Lipinski definition) is 6. The highest BCUT2D eigenvalue weighted by Crippen LogP contribution is 2.21. The highest BCUT2D eigenvalue weighted by atomic mass is 32.2. The number of unbranched alkanes of at least 4 members (excludes halogenated alkanes) is 1. The number of benzene rings is 1. The molecule has 23 heavy (non-hydrogen) atoms. The van der Waals surface area contributed by atoms with Crippen molar-refractivity contribution < 1.29 is 13.7 Å². The largest absolute Gasteiger partial charge is 0.494 e. The van der Waals surface area contributed by atoms with Crippen molar-refractivity contribution in [3.63, 3.8) is 0 Å². The van der Waals surface area contributed by atoms with Crippen LogP contribution in [0.2, 0.25) is 0 Å². The van der Waals surface area contributed by atoms with Crippen LogP contribution in [0.5, 0.6) is 5.75 Å². The predicted molar refractivity (Wildman–Crippen MR) is 91.7 cm³/mol. The van der Waals surface area contributed by atoms with E-state index in [1.807, 2.05) is 13.8 Å². The van der Waals surface area contributed by atoms with Gasteiger partial charge >= 0.3 is 0 Å². The minimum atomic E-state index is -1.15. The van der Waals surface area contributed by atoms with Crippen LogP contribution in [0.3, 0.4) is 0 Å². The summed E-state index contributed by atoms with van der Waals surface area (Å²) in [5.41, 5.74) is 0.472. The topological polar surface area (TPSA) is 81.2 Å². The maximum Gasteiger partial charge on any atom is 0.257 e. The summed E-state index contributed by atoms with van der Waals surface area (Å²) in [5.74, 6) is 0.905. The number of carbonyl (C=O) groups excluding carboxylic acids is 1. The van der Waals surface area contributed by atoms with Gasteiger partial charge in [-0.2, -0.15) is 0 Å². The molecule has 1 aromatic carbocycles. The first-order chi connectivity index (χ1) is 11.1. The van der Waals surface area contributed by atoms with Crippen LogP contribution < -0.4 is 10.1 Å². The molecule has 1 amide bonds. The van der Waals surface area contributed by atoms with E-state index in [2.05, 4.69) is 15.5 Å². The zero-order valence-corrected chi connectivity index (χ0v) is 14.7. The molecule has 1 N–H and O–H groups in total. The molecule has 1 atom stereocenters. The first-order valence-corrected chi connectivity index (χ1v) is 9.53. The lowest BCUT2D eigenvalue weighted by atomic mass is 10.2. The molecule has 0 saturated carbocycles. The fraction of sp³-hybridized carbons (Fsp3) is 0.400. The number of aromatic nitrogens is 2. The van der Waals surface area contributed by atoms with Gasteiger partial charge in [-0.1, -0.05) is 30.7 Å². The first-order valence-electron chi connectivity index (χ1n) is 7.40. The van der Waals surface area contributed by atoms with Gasteiger partial charge in [-0.3, -0.25) is 14.3 Å². The van der Waals surface area contributed by atoms with Crippen LogP contribution in [0.15, 0.2) is 28.6 Å². The van der Waals surface area contributed by atoms with Crippen molar-refractivity contribution in [2.24, 2.45) is 0 Å². The van der Waals surface area contributed by atoms with E-state index in [1.54, 1.807) is 24.3 Å². The Morgan fingerprint density at radius 3 is 2.91 bits per heavy atom. The fourth-order valence-corrected chi connectivity index (χ4v) is 3.97. The van der Waals surface area contributed by atoms with Crippen LogP contribution in [0.25, 0.3) is 0 Å². The quantitative estimate of drug-likeness (QED) is 0.738. The molecule has 0 radical (unpaired) electrons. The number of anilines is 1. The lowest BCUT2D eigenvalue weighted by Gasteiger charge is -2.05. The van der Waals surface area contributed by atoms with E-state index >= 15 is 0 Å². The third kappa shape index (κ3) is 5.11. The second-order valence-electron chi connectivity index (χ2n) is 4.69. The van der Waals surface area contributed by atoms with Gasteiger partial charge in [-0.15, -0.1) is 10.2 Å². The molecule has 0 aliphatic carbocycles. The van der Waals surface area contributed by atoms with Crippen LogP contribution in [0.1, 0.15) is 37.0 Å². The molecule has 0 spiro atoms. The number of nitrogens with zero attached hydrogens (tertiary/aromatic N) is 2. The summed E-state index contributed by atoms with van der Waals surface area (Å²) in [4.78, 5) is 12.2. The third-order valence-corrected chi connectivity index (χ3v) is 5.48. The van der Waals surface area contributed by atoms with Gasteiger partial charge in [0.1, 0.15) is 5.75 Å². The van der Waals surface area contributed by atoms with Gasteiger partial charge < -0.3 is 4.74 Å². The minimum Gasteiger partial charge on any atom is -0.494 e. The molecule has 8 heteroatoms. The van der Waals surface area contributed by atoms with Gasteiger partial charge in [-0.05, 0) is 31.5 Å². The SMILES string of the molecule is CCCC[S@](=O)c1nnc(NC(=O)c2cccc(OCC)c2)s1. The van der Waals surface area contributed by atoms with Gasteiger partial charge in [0.15, 0.2) is 0 Å². The van der Waals surface area contributed by atoms with E-state index < -0.39 is 10.8 Å². The minimum absolute atomic E-state index is 0.298. The number of ether oxygens (including phenoxy) is 1. The highest BCUT2D eigenvalue weighted by Gasteiger charge is 2.14. The second-order valence-corrected chi connectivity index (χ2v) is 7.41. The van der Waals surface area contributed by atoms with Crippen molar-refractivity contribution in [1.29, 1.82) is 0 Å². The molecule has 6 nitrogen and oxygen atoms in total. The van der Waals surface area contributed by atoms with E-state index in [0.29, 0.717) is 33.1 Å². The average Bonchev–Trinajstić information content (AvgIpc) is 3.01. The number of carbonyl (C=O) groups is 1. The average molecular weight is 353 g/mol. The first kappa shape index (κ1) is 17.6. The summed E-state index contributed by atoms with van der Waals surface area (Å²) in [5, 5.41) is 10.8. The van der Waals surface area contributed by atoms with Crippen molar-refractivity contribution in [3.05, 3.63) is 29.8 Å². The molecule has 2 rings (SSSR count). The van der Waals surface area contributed by atoms with Gasteiger partial charge in [0.2, 0.25) is 9.47 Å². The van der Waals surface area contributed by atoms with Crippen LogP contribution in [-0.4, -0.2) is 32.7 Å². The Bertz CT molecular complexity index is 688. The molecule has 0 aliphatic rings. The summed E-state index contributed by atoms with van der Waals surface area (Å²) in [6.07, 6.45) is 1.85. The van der Waals surface area contributed by atoms with Crippen molar-refractivity contribution in [2.45, 2.75) is 31.0 Å². The Kier molecular flexibility index (Phi) is 6.66. The Labute approximate surface area is 141 Å². The summed E-state index contributed by atoms with van der Waals surface area (Å²) in [6.45, 7) is 4.46. The number of rotatable bonds is 8. The van der Waals surface area contributed by atoms with E-state index in [0.717, 1.165) is 24.2 Å². The molecule has 0 unspecified atom stereocenters. The Hall–Kier alpha value is -1.80. The second kappa shape index (κ2) is 8.73. The molecular weight excluding hydrogens is 334 g/mol. The third-order valence-electron chi connectivity index (χ3n) is 2.91. The summed E-state index contributed by atoms with van der Waals surface area (Å²) < 4.78 is 17.8. The Morgan fingerprint density at radius 2 is 2.17 bits per heavy atom. The summed E-state index contributed by atoms with van der Waals surface area (Å²) in [7, 11) is -1.15. The summed E-state index contributed by atoms with van der Waals surface area (Å²) in [6, 6.07) is 6.91. The Morgan fingerprint density at radius 1 is 1.35 bits per heavy atom. The standard InChI is InChI=1S/C15H19N3O3S2/c1-3-5-9-23(20)15-18-17-14(22-15)16-13(19)11-7-6-8-12(10-11)21-4-2/h6-8,10H,3-5,9H2,1-2H3,(H,16,17,19)/t23-/m0/s1. The van der Waals surface area contributed by atoms with Gasteiger partial charge in [-0.25, -0.2) is 0 Å². The number of hydrogen-bond donors (Lipinski definition) is 1. The van der Waals surface area contributed by atoms with Crippen molar-refractivity contribution in [3.8, 4) is 5.75 Å². The van der Waals surface area contributed by atoms with E-state index in [-0.39, 0.29) is 5.91 Å². The molecule has 124 valence electrons. The van der Waals surface area contributed by atoms with Crippen LogP contribution in [0.4, 0.5) is 5.13 Å². The molecule has 0 fully saturated rings. The van der Waals surface area contributed by atoms with Crippen LogP contribution in [0, 0.1) is 0 Å². The molecule has 0 saturated heterocycles. The van der Waals surface area contributed by atoms with Crippen molar-refractivity contribution >= 4 is 33.2 Å². The van der Waals surface area contributed by atoms with Crippen LogP contribution in [-0.2, 0) is 10.8 Å². The maximum absolute atomic E-state index is 12.2. The van der Waals surface area contributed by atoms with Crippen LogP contribution >= 0.6 is 11.3 Å². The van der Waals surface area contributed by atoms with E-state index in [9.17, 15) is 9.00 Å². The monoisotopic (exact) mass is 353 g/mol. The van der Waals surface area contributed by atoms with E-state index in [4.69, 9.17) is 4.74 Å². The Balaban J connectivity index is 2.02. The smallest absolute Gasteiger partial charge is 0.257 e. The number of amides is 1. The molecule has 0 aliphatic heterocycles. The zero-order chi connectivity index (χ0) is 16.7. The van der Waals surface area contributed by atoms with Crippen molar-refractivity contribution in [2.75, 3.05) is 17.7 Å². The highest BCUT2D eigenvalue weighted by molar-refractivity contribution is 7.87. The lowest BCUT2D eigenvalue weighted by Crippen LogP contribution is -2.11.